The molecule has 1 heterocycles. The van der Waals surface area contributed by atoms with Crippen molar-refractivity contribution in [2.45, 2.75) is 19.9 Å². The molecule has 0 saturated heterocycles. The van der Waals surface area contributed by atoms with Gasteiger partial charge in [-0.05, 0) is 24.1 Å². The Morgan fingerprint density at radius 1 is 1.50 bits per heavy atom. The summed E-state index contributed by atoms with van der Waals surface area (Å²) in [4.78, 5) is 13.7. The van der Waals surface area contributed by atoms with Crippen molar-refractivity contribution >= 4 is 23.2 Å². The fourth-order valence-electron chi connectivity index (χ4n) is 1.99. The lowest BCUT2D eigenvalue weighted by Gasteiger charge is -2.19. The Morgan fingerprint density at radius 3 is 2.81 bits per heavy atom. The van der Waals surface area contributed by atoms with E-state index in [1.165, 1.54) is 0 Å². The quantitative estimate of drug-likeness (QED) is 0.860. The van der Waals surface area contributed by atoms with Crippen molar-refractivity contribution in [3.05, 3.63) is 28.8 Å². The van der Waals surface area contributed by atoms with Crippen molar-refractivity contribution in [2.24, 2.45) is 11.7 Å². The van der Waals surface area contributed by atoms with Crippen LogP contribution in [0.3, 0.4) is 0 Å². The molecule has 2 rings (SSSR count). The van der Waals surface area contributed by atoms with Gasteiger partial charge in [0.05, 0.1) is 0 Å². The van der Waals surface area contributed by atoms with Gasteiger partial charge in [0, 0.05) is 22.8 Å². The SMILES string of the molecule is CC(C)CN1C(=O)[C@@H](N)c2cc(Cl)ccc21. The lowest BCUT2D eigenvalue weighted by molar-refractivity contribution is -0.119. The topological polar surface area (TPSA) is 46.3 Å². The minimum Gasteiger partial charge on any atom is -0.316 e. The van der Waals surface area contributed by atoms with E-state index < -0.39 is 6.04 Å². The molecule has 1 amide bonds. The normalized spacial score (nSPS) is 19.4. The highest BCUT2D eigenvalue weighted by atomic mass is 35.5. The van der Waals surface area contributed by atoms with E-state index in [2.05, 4.69) is 13.8 Å². The number of hydrogen-bond acceptors (Lipinski definition) is 2. The Bertz CT molecular complexity index is 431. The maximum Gasteiger partial charge on any atom is 0.248 e. The summed E-state index contributed by atoms with van der Waals surface area (Å²) in [6, 6.07) is 4.87. The molecule has 0 aromatic heterocycles. The summed E-state index contributed by atoms with van der Waals surface area (Å²) in [5.41, 5.74) is 7.61. The lowest BCUT2D eigenvalue weighted by Crippen LogP contribution is -2.34. The van der Waals surface area contributed by atoms with Crippen molar-refractivity contribution in [1.82, 2.24) is 0 Å². The molecular weight excluding hydrogens is 224 g/mol. The van der Waals surface area contributed by atoms with E-state index in [-0.39, 0.29) is 5.91 Å². The van der Waals surface area contributed by atoms with Gasteiger partial charge in [0.25, 0.3) is 0 Å². The third-order valence-electron chi connectivity index (χ3n) is 2.70. The smallest absolute Gasteiger partial charge is 0.248 e. The number of amides is 1. The lowest BCUT2D eigenvalue weighted by atomic mass is 10.1. The molecule has 1 atom stereocenters. The van der Waals surface area contributed by atoms with E-state index in [0.29, 0.717) is 17.5 Å². The van der Waals surface area contributed by atoms with Crippen LogP contribution in [0.5, 0.6) is 0 Å². The fraction of sp³-hybridized carbons (Fsp3) is 0.417. The molecule has 0 aliphatic carbocycles. The van der Waals surface area contributed by atoms with Crippen LogP contribution in [0.2, 0.25) is 5.02 Å². The van der Waals surface area contributed by atoms with Crippen molar-refractivity contribution in [1.29, 1.82) is 0 Å². The molecule has 1 aliphatic heterocycles. The molecular formula is C12H15ClN2O. The highest BCUT2D eigenvalue weighted by Gasteiger charge is 2.34. The molecule has 3 nitrogen and oxygen atoms in total. The van der Waals surface area contributed by atoms with Gasteiger partial charge in [-0.3, -0.25) is 4.79 Å². The molecule has 0 unspecified atom stereocenters. The van der Waals surface area contributed by atoms with Crippen molar-refractivity contribution in [3.8, 4) is 0 Å². The molecule has 86 valence electrons. The summed E-state index contributed by atoms with van der Waals surface area (Å²) in [7, 11) is 0. The van der Waals surface area contributed by atoms with Crippen molar-refractivity contribution in [3.63, 3.8) is 0 Å². The number of carbonyl (C=O) groups is 1. The van der Waals surface area contributed by atoms with Gasteiger partial charge >= 0.3 is 0 Å². The Balaban J connectivity index is 2.42. The standard InChI is InChI=1S/C12H15ClN2O/c1-7(2)6-15-10-4-3-8(13)5-9(10)11(14)12(15)16/h3-5,7,11H,6,14H2,1-2H3/t11-/m0/s1. The Hall–Kier alpha value is -1.06. The van der Waals surface area contributed by atoms with E-state index in [0.717, 1.165) is 11.3 Å². The van der Waals surface area contributed by atoms with Gasteiger partial charge in [-0.2, -0.15) is 0 Å². The minimum atomic E-state index is -0.563. The van der Waals surface area contributed by atoms with Crippen LogP contribution in [0.25, 0.3) is 0 Å². The first kappa shape index (κ1) is 11.4. The number of rotatable bonds is 2. The number of nitrogens with zero attached hydrogens (tertiary/aromatic N) is 1. The maximum atomic E-state index is 12.0. The number of halogens is 1. The summed E-state index contributed by atoms with van der Waals surface area (Å²) in [6.07, 6.45) is 0. The molecule has 1 aliphatic rings. The maximum absolute atomic E-state index is 12.0. The average molecular weight is 239 g/mol. The predicted molar refractivity (Wildman–Crippen MR) is 65.6 cm³/mol. The molecule has 16 heavy (non-hydrogen) atoms. The highest BCUT2D eigenvalue weighted by Crippen LogP contribution is 2.36. The van der Waals surface area contributed by atoms with Gasteiger partial charge in [-0.25, -0.2) is 0 Å². The number of hydrogen-bond donors (Lipinski definition) is 1. The van der Waals surface area contributed by atoms with Crippen LogP contribution in [-0.4, -0.2) is 12.5 Å². The Morgan fingerprint density at radius 2 is 2.19 bits per heavy atom. The average Bonchev–Trinajstić information content (AvgIpc) is 2.43. The zero-order valence-electron chi connectivity index (χ0n) is 9.40. The number of anilines is 1. The first-order valence-electron chi connectivity index (χ1n) is 5.37. The summed E-state index contributed by atoms with van der Waals surface area (Å²) >= 11 is 5.90. The summed E-state index contributed by atoms with van der Waals surface area (Å²) in [6.45, 7) is 4.85. The molecule has 0 saturated carbocycles. The van der Waals surface area contributed by atoms with Crippen molar-refractivity contribution < 1.29 is 4.79 Å². The second-order valence-electron chi connectivity index (χ2n) is 4.52. The second kappa shape index (κ2) is 4.07. The van der Waals surface area contributed by atoms with Crippen LogP contribution in [-0.2, 0) is 4.79 Å². The molecule has 0 spiro atoms. The van der Waals surface area contributed by atoms with Crippen LogP contribution < -0.4 is 10.6 Å². The molecule has 2 N–H and O–H groups in total. The van der Waals surface area contributed by atoms with Gasteiger partial charge in [-0.1, -0.05) is 25.4 Å². The largest absolute Gasteiger partial charge is 0.316 e. The first-order chi connectivity index (χ1) is 7.50. The predicted octanol–water partition coefficient (Wildman–Crippen LogP) is 2.34. The highest BCUT2D eigenvalue weighted by molar-refractivity contribution is 6.31. The molecule has 0 radical (unpaired) electrons. The number of nitrogens with two attached hydrogens (primary N) is 1. The van der Waals surface area contributed by atoms with E-state index in [4.69, 9.17) is 17.3 Å². The van der Waals surface area contributed by atoms with Crippen LogP contribution in [0.4, 0.5) is 5.69 Å². The molecule has 1 aromatic carbocycles. The Kier molecular flexibility index (Phi) is 2.91. The van der Waals surface area contributed by atoms with Gasteiger partial charge in [0.15, 0.2) is 0 Å². The van der Waals surface area contributed by atoms with E-state index >= 15 is 0 Å². The second-order valence-corrected chi connectivity index (χ2v) is 4.96. The zero-order valence-corrected chi connectivity index (χ0v) is 10.2. The summed E-state index contributed by atoms with van der Waals surface area (Å²) < 4.78 is 0. The number of carbonyl (C=O) groups excluding carboxylic acids is 1. The molecule has 4 heteroatoms. The van der Waals surface area contributed by atoms with Gasteiger partial charge in [-0.15, -0.1) is 0 Å². The van der Waals surface area contributed by atoms with Crippen LogP contribution in [0, 0.1) is 5.92 Å². The third-order valence-corrected chi connectivity index (χ3v) is 2.93. The monoisotopic (exact) mass is 238 g/mol. The van der Waals surface area contributed by atoms with E-state index in [1.807, 2.05) is 6.07 Å². The molecule has 0 bridgehead atoms. The summed E-state index contributed by atoms with van der Waals surface area (Å²) in [5.74, 6) is 0.378. The van der Waals surface area contributed by atoms with Crippen LogP contribution in [0.1, 0.15) is 25.5 Å². The van der Waals surface area contributed by atoms with Crippen LogP contribution in [0.15, 0.2) is 18.2 Å². The van der Waals surface area contributed by atoms with Gasteiger partial charge in [0.2, 0.25) is 5.91 Å². The molecule has 1 aromatic rings. The zero-order chi connectivity index (χ0) is 11.9. The van der Waals surface area contributed by atoms with Crippen molar-refractivity contribution in [2.75, 3.05) is 11.4 Å². The van der Waals surface area contributed by atoms with Gasteiger partial charge < -0.3 is 10.6 Å². The summed E-state index contributed by atoms with van der Waals surface area (Å²) in [5, 5.41) is 0.619. The molecule has 0 fully saturated rings. The Labute approximate surface area is 100 Å². The third kappa shape index (κ3) is 1.81. The fourth-order valence-corrected chi connectivity index (χ4v) is 2.17. The first-order valence-corrected chi connectivity index (χ1v) is 5.75. The van der Waals surface area contributed by atoms with Gasteiger partial charge in [0.1, 0.15) is 6.04 Å². The van der Waals surface area contributed by atoms with E-state index in [9.17, 15) is 4.79 Å². The number of benzene rings is 1. The number of fused-ring (bicyclic) bond motifs is 1. The van der Waals surface area contributed by atoms with Crippen LogP contribution >= 0.6 is 11.6 Å². The van der Waals surface area contributed by atoms with E-state index in [1.54, 1.807) is 17.0 Å². The minimum absolute atomic E-state index is 0.0361.